The predicted molar refractivity (Wildman–Crippen MR) is 120 cm³/mol. The number of rotatable bonds is 4. The molecule has 0 aliphatic carbocycles. The molecular weight excluding hydrogens is 467 g/mol. The molecule has 0 amide bonds. The molecule has 5 rings (SSSR count). The monoisotopic (exact) mass is 481 g/mol. The highest BCUT2D eigenvalue weighted by Gasteiger charge is 2.52. The summed E-state index contributed by atoms with van der Waals surface area (Å²) >= 11 is 0. The molecule has 170 valence electrons. The van der Waals surface area contributed by atoms with E-state index in [0.717, 1.165) is 0 Å². The third-order valence-electron chi connectivity index (χ3n) is 5.51. The van der Waals surface area contributed by atoms with E-state index in [1.165, 1.54) is 12.1 Å². The molecule has 0 unspecified atom stereocenters. The molecule has 4 aromatic carbocycles. The van der Waals surface area contributed by atoms with Gasteiger partial charge in [0.25, 0.3) is 9.84 Å². The highest BCUT2D eigenvalue weighted by atomic mass is 32.2. The molecule has 0 N–H and O–H groups in total. The minimum atomic E-state index is -5.99. The van der Waals surface area contributed by atoms with Crippen LogP contribution in [0.5, 0.6) is 0 Å². The van der Waals surface area contributed by atoms with Crippen molar-refractivity contribution in [2.24, 2.45) is 0 Å². The molecule has 0 spiro atoms. The number of alkyl halides is 3. The van der Waals surface area contributed by atoms with Crippen LogP contribution in [0.2, 0.25) is 0 Å². The Bertz CT molecular complexity index is 1680. The van der Waals surface area contributed by atoms with E-state index in [-0.39, 0.29) is 11.1 Å². The average molecular weight is 481 g/mol. The van der Waals surface area contributed by atoms with Gasteiger partial charge in [-0.1, -0.05) is 90.1 Å². The van der Waals surface area contributed by atoms with Gasteiger partial charge in [-0.15, -0.1) is 0 Å². The first-order valence-corrected chi connectivity index (χ1v) is 11.5. The largest absolute Gasteiger partial charge is 0.502 e. The zero-order valence-electron chi connectivity index (χ0n) is 17.2. The van der Waals surface area contributed by atoms with Crippen LogP contribution in [0.1, 0.15) is 16.1 Å². The third-order valence-corrected chi connectivity index (χ3v) is 7.03. The Morgan fingerprint density at radius 3 is 2.00 bits per heavy atom. The van der Waals surface area contributed by atoms with E-state index in [4.69, 9.17) is 4.52 Å². The molecule has 5 nitrogen and oxygen atoms in total. The quantitative estimate of drug-likeness (QED) is 0.287. The summed E-state index contributed by atoms with van der Waals surface area (Å²) < 4.78 is 71.8. The lowest BCUT2D eigenvalue weighted by molar-refractivity contribution is -0.0436. The number of sulfone groups is 1. The number of fused-ring (bicyclic) bond motifs is 2. The minimum Gasteiger partial charge on any atom is -0.354 e. The fraction of sp³-hybridized carbons (Fsp3) is 0.0400. The van der Waals surface area contributed by atoms with Crippen LogP contribution in [0.25, 0.3) is 32.9 Å². The Morgan fingerprint density at radius 2 is 1.32 bits per heavy atom. The molecule has 0 aliphatic heterocycles. The molecular formula is C25H14F3NO4S. The maximum Gasteiger partial charge on any atom is 0.502 e. The van der Waals surface area contributed by atoms with Crippen LogP contribution < -0.4 is 0 Å². The van der Waals surface area contributed by atoms with Crippen molar-refractivity contribution in [3.05, 3.63) is 96.2 Å². The molecule has 0 saturated heterocycles. The van der Waals surface area contributed by atoms with Gasteiger partial charge in [-0.2, -0.15) is 13.2 Å². The standard InChI is InChI=1S/C25H14F3NO4S/c26-25(27,28)34(31,32)24-21(22(30)19-13-5-9-15-7-1-3-11-17(15)19)29-33-23(24)20-14-6-10-16-8-2-4-12-18(16)20/h1-14H. The number of hydrogen-bond acceptors (Lipinski definition) is 5. The molecule has 9 heteroatoms. The minimum absolute atomic E-state index is 0.00879. The Hall–Kier alpha value is -3.98. The van der Waals surface area contributed by atoms with Gasteiger partial charge in [-0.3, -0.25) is 4.79 Å². The second-order valence-corrected chi connectivity index (χ2v) is 9.40. The molecule has 34 heavy (non-hydrogen) atoms. The lowest BCUT2D eigenvalue weighted by atomic mass is 9.99. The zero-order valence-corrected chi connectivity index (χ0v) is 18.0. The van der Waals surface area contributed by atoms with Crippen LogP contribution in [0.3, 0.4) is 0 Å². The first kappa shape index (κ1) is 21.8. The van der Waals surface area contributed by atoms with Gasteiger partial charge in [-0.25, -0.2) is 8.42 Å². The summed E-state index contributed by atoms with van der Waals surface area (Å²) in [5.74, 6) is -1.63. The summed E-state index contributed by atoms with van der Waals surface area (Å²) in [6, 6.07) is 22.8. The van der Waals surface area contributed by atoms with Crippen molar-refractivity contribution in [2.75, 3.05) is 0 Å². The number of nitrogens with zero attached hydrogens (tertiary/aromatic N) is 1. The van der Waals surface area contributed by atoms with E-state index in [1.807, 2.05) is 0 Å². The van der Waals surface area contributed by atoms with E-state index >= 15 is 0 Å². The maximum atomic E-state index is 13.7. The van der Waals surface area contributed by atoms with Crippen LogP contribution in [0, 0.1) is 0 Å². The first-order valence-electron chi connectivity index (χ1n) is 10.0. The topological polar surface area (TPSA) is 77.2 Å². The molecule has 5 aromatic rings. The number of benzene rings is 4. The van der Waals surface area contributed by atoms with Gasteiger partial charge in [0.15, 0.2) is 16.3 Å². The number of halogens is 3. The van der Waals surface area contributed by atoms with Crippen LogP contribution in [0.15, 0.2) is 94.3 Å². The molecule has 0 fully saturated rings. The normalized spacial score (nSPS) is 12.3. The van der Waals surface area contributed by atoms with E-state index in [2.05, 4.69) is 5.16 Å². The smallest absolute Gasteiger partial charge is 0.354 e. The van der Waals surface area contributed by atoms with Gasteiger partial charge in [0.05, 0.1) is 0 Å². The molecule has 1 aromatic heterocycles. The Balaban J connectivity index is 1.82. The van der Waals surface area contributed by atoms with E-state index in [0.29, 0.717) is 21.5 Å². The van der Waals surface area contributed by atoms with Crippen molar-refractivity contribution in [3.8, 4) is 11.3 Å². The second-order valence-electron chi connectivity index (χ2n) is 7.52. The fourth-order valence-electron chi connectivity index (χ4n) is 3.94. The second kappa shape index (κ2) is 7.81. The Labute approximate surface area is 191 Å². The van der Waals surface area contributed by atoms with Crippen molar-refractivity contribution < 1.29 is 30.9 Å². The Kier molecular flexibility index (Phi) is 5.02. The van der Waals surface area contributed by atoms with Crippen LogP contribution in [-0.2, 0) is 9.84 Å². The van der Waals surface area contributed by atoms with Crippen LogP contribution >= 0.6 is 0 Å². The molecule has 0 aliphatic rings. The SMILES string of the molecule is O=C(c1noc(-c2cccc3ccccc23)c1S(=O)(=O)C(F)(F)F)c1cccc2ccccc12. The first-order chi connectivity index (χ1) is 16.2. The zero-order chi connectivity index (χ0) is 24.1. The molecule has 0 saturated carbocycles. The van der Waals surface area contributed by atoms with Gasteiger partial charge >= 0.3 is 5.51 Å². The summed E-state index contributed by atoms with van der Waals surface area (Å²) in [4.78, 5) is 12.1. The van der Waals surface area contributed by atoms with Crippen molar-refractivity contribution in [1.29, 1.82) is 0 Å². The fourth-order valence-corrected chi connectivity index (χ4v) is 4.94. The lowest BCUT2D eigenvalue weighted by Gasteiger charge is -2.11. The summed E-state index contributed by atoms with van der Waals surface area (Å²) in [5, 5.41) is 5.76. The number of carbonyl (C=O) groups excluding carboxylic acids is 1. The predicted octanol–water partition coefficient (Wildman–Crippen LogP) is 6.17. The van der Waals surface area contributed by atoms with E-state index in [1.54, 1.807) is 72.8 Å². The van der Waals surface area contributed by atoms with Gasteiger partial charge in [0, 0.05) is 11.1 Å². The highest BCUT2D eigenvalue weighted by Crippen LogP contribution is 2.41. The summed E-state index contributed by atoms with van der Waals surface area (Å²) in [7, 11) is -5.99. The average Bonchev–Trinajstić information content (AvgIpc) is 3.28. The van der Waals surface area contributed by atoms with E-state index < -0.39 is 37.5 Å². The molecule has 0 bridgehead atoms. The van der Waals surface area contributed by atoms with Crippen molar-refractivity contribution in [2.45, 2.75) is 10.4 Å². The van der Waals surface area contributed by atoms with Crippen molar-refractivity contribution in [3.63, 3.8) is 0 Å². The number of aromatic nitrogens is 1. The molecule has 0 atom stereocenters. The molecule has 0 radical (unpaired) electrons. The van der Waals surface area contributed by atoms with Crippen molar-refractivity contribution >= 4 is 37.2 Å². The third kappa shape index (κ3) is 3.36. The summed E-state index contributed by atoms with van der Waals surface area (Å²) in [5.41, 5.74) is -6.51. The van der Waals surface area contributed by atoms with Crippen molar-refractivity contribution in [1.82, 2.24) is 5.16 Å². The van der Waals surface area contributed by atoms with Gasteiger partial charge < -0.3 is 4.52 Å². The van der Waals surface area contributed by atoms with Crippen LogP contribution in [0.4, 0.5) is 13.2 Å². The highest BCUT2D eigenvalue weighted by molar-refractivity contribution is 7.92. The van der Waals surface area contributed by atoms with Gasteiger partial charge in [-0.05, 0) is 21.5 Å². The number of hydrogen-bond donors (Lipinski definition) is 0. The van der Waals surface area contributed by atoms with Gasteiger partial charge in [0.2, 0.25) is 5.78 Å². The molecule has 1 heterocycles. The Morgan fingerprint density at radius 1 is 0.765 bits per heavy atom. The van der Waals surface area contributed by atoms with Gasteiger partial charge in [0.1, 0.15) is 0 Å². The summed E-state index contributed by atoms with van der Waals surface area (Å²) in [6.07, 6.45) is 0. The number of carbonyl (C=O) groups is 1. The summed E-state index contributed by atoms with van der Waals surface area (Å²) in [6.45, 7) is 0. The number of ketones is 1. The van der Waals surface area contributed by atoms with Crippen LogP contribution in [-0.4, -0.2) is 24.9 Å². The lowest BCUT2D eigenvalue weighted by Crippen LogP contribution is -2.25. The maximum absolute atomic E-state index is 13.7. The van der Waals surface area contributed by atoms with E-state index in [9.17, 15) is 26.4 Å².